The van der Waals surface area contributed by atoms with Crippen molar-refractivity contribution in [3.05, 3.63) is 75.8 Å². The zero-order valence-corrected chi connectivity index (χ0v) is 17.0. The van der Waals surface area contributed by atoms with Crippen LogP contribution in [0.2, 0.25) is 0 Å². The van der Waals surface area contributed by atoms with Gasteiger partial charge in [-0.25, -0.2) is 0 Å². The number of hydrogen-bond donors (Lipinski definition) is 0. The molecule has 0 saturated heterocycles. The van der Waals surface area contributed by atoms with Crippen molar-refractivity contribution in [1.29, 1.82) is 0 Å². The van der Waals surface area contributed by atoms with Crippen LogP contribution >= 0.6 is 0 Å². The molecule has 134 valence electrons. The molecule has 0 aliphatic carbocycles. The predicted molar refractivity (Wildman–Crippen MR) is 115 cm³/mol. The Morgan fingerprint density at radius 1 is 0.778 bits per heavy atom. The van der Waals surface area contributed by atoms with E-state index in [9.17, 15) is 0 Å². The lowest BCUT2D eigenvalue weighted by Gasteiger charge is -2.43. The third kappa shape index (κ3) is 2.07. The van der Waals surface area contributed by atoms with Crippen LogP contribution < -0.4 is 21.1 Å². The molecule has 2 aliphatic heterocycles. The second-order valence-electron chi connectivity index (χ2n) is 8.88. The molecule has 0 aromatic heterocycles. The van der Waals surface area contributed by atoms with Gasteiger partial charge in [-0.05, 0) is 66.4 Å². The van der Waals surface area contributed by atoms with Crippen LogP contribution in [0, 0.1) is 27.7 Å². The number of benzene rings is 3. The van der Waals surface area contributed by atoms with Gasteiger partial charge in [0.25, 0.3) is 6.71 Å². The zero-order chi connectivity index (χ0) is 19.1. The molecule has 5 rings (SSSR count). The molecule has 0 unspecified atom stereocenters. The fraction of sp³-hybridized carbons (Fsp3) is 0.280. The highest BCUT2D eigenvalue weighted by atomic mass is 16.5. The summed E-state index contributed by atoms with van der Waals surface area (Å²) in [6.07, 6.45) is 0. The highest BCUT2D eigenvalue weighted by Gasteiger charge is 2.46. The van der Waals surface area contributed by atoms with E-state index in [2.05, 4.69) is 84.0 Å². The smallest absolute Gasteiger partial charge is 0.251 e. The second-order valence-corrected chi connectivity index (χ2v) is 8.88. The van der Waals surface area contributed by atoms with Crippen LogP contribution in [0.15, 0.2) is 42.5 Å². The molecular weight excluding hydrogens is 327 g/mol. The van der Waals surface area contributed by atoms with Gasteiger partial charge in [0.2, 0.25) is 0 Å². The van der Waals surface area contributed by atoms with Gasteiger partial charge >= 0.3 is 0 Å². The first-order valence-electron chi connectivity index (χ1n) is 9.83. The molecule has 0 atom stereocenters. The molecule has 0 bridgehead atoms. The summed E-state index contributed by atoms with van der Waals surface area (Å²) in [4.78, 5) is 0. The van der Waals surface area contributed by atoms with Gasteiger partial charge < -0.3 is 4.74 Å². The van der Waals surface area contributed by atoms with Gasteiger partial charge in [0.1, 0.15) is 11.5 Å². The van der Waals surface area contributed by atoms with Crippen molar-refractivity contribution in [2.75, 3.05) is 0 Å². The first kappa shape index (κ1) is 16.7. The quantitative estimate of drug-likeness (QED) is 0.432. The van der Waals surface area contributed by atoms with E-state index in [4.69, 9.17) is 4.74 Å². The molecule has 0 saturated carbocycles. The highest BCUT2D eigenvalue weighted by Crippen LogP contribution is 2.41. The Morgan fingerprint density at radius 3 is 2.26 bits per heavy atom. The minimum absolute atomic E-state index is 0.0330. The monoisotopic (exact) mass is 352 g/mol. The lowest BCUT2D eigenvalue weighted by atomic mass is 9.30. The Labute approximate surface area is 162 Å². The molecule has 0 N–H and O–H groups in total. The first-order chi connectivity index (χ1) is 12.8. The second kappa shape index (κ2) is 5.28. The normalized spacial score (nSPS) is 15.6. The molecular formula is C25H25BO. The molecule has 3 aromatic carbocycles. The first-order valence-corrected chi connectivity index (χ1v) is 9.83. The van der Waals surface area contributed by atoms with Crippen LogP contribution in [0.4, 0.5) is 0 Å². The van der Waals surface area contributed by atoms with E-state index >= 15 is 0 Å². The van der Waals surface area contributed by atoms with Crippen LogP contribution in [0.1, 0.15) is 47.2 Å². The van der Waals surface area contributed by atoms with Crippen LogP contribution in [0.25, 0.3) is 0 Å². The topological polar surface area (TPSA) is 9.23 Å². The van der Waals surface area contributed by atoms with Crippen molar-refractivity contribution in [2.24, 2.45) is 0 Å². The number of rotatable bonds is 0. The zero-order valence-electron chi connectivity index (χ0n) is 17.0. The molecule has 0 fully saturated rings. The Bertz CT molecular complexity index is 1120. The average molecular weight is 352 g/mol. The summed E-state index contributed by atoms with van der Waals surface area (Å²) in [5, 5.41) is 0. The molecule has 1 nitrogen and oxygen atoms in total. The fourth-order valence-electron chi connectivity index (χ4n) is 5.62. The van der Waals surface area contributed by atoms with Crippen LogP contribution in [0.3, 0.4) is 0 Å². The van der Waals surface area contributed by atoms with Gasteiger partial charge in [-0.2, -0.15) is 0 Å². The van der Waals surface area contributed by atoms with E-state index in [1.54, 1.807) is 0 Å². The van der Waals surface area contributed by atoms with E-state index in [0.29, 0.717) is 0 Å². The van der Waals surface area contributed by atoms with Gasteiger partial charge in [0.05, 0.1) is 0 Å². The van der Waals surface area contributed by atoms with Crippen LogP contribution in [-0.2, 0) is 5.41 Å². The molecule has 3 aromatic rings. The van der Waals surface area contributed by atoms with Crippen molar-refractivity contribution < 1.29 is 4.74 Å². The van der Waals surface area contributed by atoms with Crippen molar-refractivity contribution >= 4 is 23.1 Å². The van der Waals surface area contributed by atoms with E-state index in [-0.39, 0.29) is 12.1 Å². The maximum atomic E-state index is 6.60. The van der Waals surface area contributed by atoms with Gasteiger partial charge in [-0.15, -0.1) is 0 Å². The summed E-state index contributed by atoms with van der Waals surface area (Å²) >= 11 is 0. The Kier molecular flexibility index (Phi) is 3.26. The maximum Gasteiger partial charge on any atom is 0.251 e. The molecule has 0 amide bonds. The van der Waals surface area contributed by atoms with Crippen LogP contribution in [-0.4, -0.2) is 6.71 Å². The average Bonchev–Trinajstić information content (AvgIpc) is 2.60. The Morgan fingerprint density at radius 2 is 1.48 bits per heavy atom. The third-order valence-corrected chi connectivity index (χ3v) is 6.52. The van der Waals surface area contributed by atoms with Gasteiger partial charge in [-0.1, -0.05) is 67.3 Å². The van der Waals surface area contributed by atoms with Crippen molar-refractivity contribution in [3.8, 4) is 11.5 Å². The number of fused-ring (bicyclic) bond motifs is 4. The van der Waals surface area contributed by atoms with E-state index in [1.807, 2.05) is 0 Å². The summed E-state index contributed by atoms with van der Waals surface area (Å²) in [6, 6.07) is 15.8. The number of aryl methyl sites for hydroxylation is 4. The molecule has 27 heavy (non-hydrogen) atoms. The van der Waals surface area contributed by atoms with Crippen molar-refractivity contribution in [3.63, 3.8) is 0 Å². The SMILES string of the molecule is Cc1cc(C)c2c(c1)B1c3ccccc3C(C)(C)c3c(C)cc(C)c(c31)O2. The summed E-state index contributed by atoms with van der Waals surface area (Å²) in [6.45, 7) is 13.8. The minimum Gasteiger partial charge on any atom is -0.458 e. The highest BCUT2D eigenvalue weighted by molar-refractivity contribution is 6.98. The lowest BCUT2D eigenvalue weighted by Crippen LogP contribution is -2.63. The van der Waals surface area contributed by atoms with Crippen LogP contribution in [0.5, 0.6) is 11.5 Å². The molecule has 0 radical (unpaired) electrons. The predicted octanol–water partition coefficient (Wildman–Crippen LogP) is 4.18. The summed E-state index contributed by atoms with van der Waals surface area (Å²) in [5.41, 5.74) is 12.1. The van der Waals surface area contributed by atoms with Gasteiger partial charge in [-0.3, -0.25) is 0 Å². The van der Waals surface area contributed by atoms with Gasteiger partial charge in [0.15, 0.2) is 0 Å². The maximum absolute atomic E-state index is 6.60. The lowest BCUT2D eigenvalue weighted by molar-refractivity contribution is 0.476. The van der Waals surface area contributed by atoms with E-state index < -0.39 is 0 Å². The minimum atomic E-state index is -0.0330. The molecule has 2 heterocycles. The molecule has 2 aliphatic rings. The number of hydrogen-bond acceptors (Lipinski definition) is 1. The standard InChI is InChI=1S/C25H25BO/c1-14-11-16(3)23-20(12-14)26-19-10-8-7-9-18(19)25(5,6)21-15(2)13-17(4)24(27-23)22(21)26/h7-13H,1-6H3. The molecule has 0 spiro atoms. The summed E-state index contributed by atoms with van der Waals surface area (Å²) in [7, 11) is 0. The Hall–Kier alpha value is -2.48. The Balaban J connectivity index is 1.97. The van der Waals surface area contributed by atoms with Crippen molar-refractivity contribution in [1.82, 2.24) is 0 Å². The summed E-state index contributed by atoms with van der Waals surface area (Å²) < 4.78 is 6.60. The van der Waals surface area contributed by atoms with E-state index in [0.717, 1.165) is 11.5 Å². The third-order valence-electron chi connectivity index (χ3n) is 6.52. The summed E-state index contributed by atoms with van der Waals surface area (Å²) in [5.74, 6) is 2.12. The number of ether oxygens (including phenoxy) is 1. The van der Waals surface area contributed by atoms with Gasteiger partial charge in [0, 0.05) is 5.41 Å². The largest absolute Gasteiger partial charge is 0.458 e. The van der Waals surface area contributed by atoms with Crippen molar-refractivity contribution in [2.45, 2.75) is 47.0 Å². The fourth-order valence-corrected chi connectivity index (χ4v) is 5.62. The molecule has 2 heteroatoms. The van der Waals surface area contributed by atoms with E-state index in [1.165, 1.54) is 49.8 Å².